The molecule has 1 atom stereocenters. The molecule has 1 fully saturated rings. The fourth-order valence-electron chi connectivity index (χ4n) is 3.11. The van der Waals surface area contributed by atoms with Gasteiger partial charge < -0.3 is 10.2 Å². The van der Waals surface area contributed by atoms with Crippen molar-refractivity contribution in [2.45, 2.75) is 53.0 Å². The Labute approximate surface area is 138 Å². The van der Waals surface area contributed by atoms with Gasteiger partial charge in [0.15, 0.2) is 0 Å². The van der Waals surface area contributed by atoms with E-state index in [1.807, 2.05) is 0 Å². The van der Waals surface area contributed by atoms with Gasteiger partial charge in [-0.2, -0.15) is 0 Å². The number of hydrogen-bond donors (Lipinski definition) is 1. The van der Waals surface area contributed by atoms with Gasteiger partial charge in [-0.1, -0.05) is 33.3 Å². The Morgan fingerprint density at radius 2 is 1.95 bits per heavy atom. The zero-order chi connectivity index (χ0) is 15.5. The Balaban J connectivity index is 2.08. The van der Waals surface area contributed by atoms with Gasteiger partial charge in [0.25, 0.3) is 0 Å². The molecule has 0 saturated carbocycles. The molecule has 1 aromatic rings. The van der Waals surface area contributed by atoms with Crippen LogP contribution in [0.5, 0.6) is 0 Å². The van der Waals surface area contributed by atoms with Crippen LogP contribution in [0.3, 0.4) is 0 Å². The first-order valence-corrected chi connectivity index (χ1v) is 9.06. The molecule has 2 rings (SSSR count). The van der Waals surface area contributed by atoms with Crippen molar-refractivity contribution in [1.82, 2.24) is 5.32 Å². The minimum atomic E-state index is 0.407. The van der Waals surface area contributed by atoms with E-state index in [-0.39, 0.29) is 0 Å². The van der Waals surface area contributed by atoms with Crippen molar-refractivity contribution in [3.63, 3.8) is 0 Å². The molecule has 0 aromatic heterocycles. The molecular weight excluding hydrogens is 324 g/mol. The lowest BCUT2D eigenvalue weighted by Gasteiger charge is -2.40. The lowest BCUT2D eigenvalue weighted by molar-refractivity contribution is 0.238. The fourth-order valence-corrected chi connectivity index (χ4v) is 3.76. The topological polar surface area (TPSA) is 15.3 Å². The van der Waals surface area contributed by atoms with E-state index < -0.39 is 0 Å². The zero-order valence-electron chi connectivity index (χ0n) is 13.9. The molecule has 1 aromatic carbocycles. The molecule has 1 saturated heterocycles. The second kappa shape index (κ2) is 7.15. The molecule has 0 radical (unpaired) electrons. The summed E-state index contributed by atoms with van der Waals surface area (Å²) < 4.78 is 1.23. The summed E-state index contributed by atoms with van der Waals surface area (Å²) in [5.41, 5.74) is 3.24. The molecule has 1 N–H and O–H groups in total. The molecular formula is C18H29BrN2. The Bertz CT molecular complexity index is 464. The molecule has 118 valence electrons. The summed E-state index contributed by atoms with van der Waals surface area (Å²) in [7, 11) is 0. The van der Waals surface area contributed by atoms with E-state index in [2.05, 4.69) is 72.0 Å². The molecule has 0 aliphatic carbocycles. The van der Waals surface area contributed by atoms with E-state index in [9.17, 15) is 0 Å². The van der Waals surface area contributed by atoms with Crippen LogP contribution in [0.2, 0.25) is 0 Å². The van der Waals surface area contributed by atoms with Crippen molar-refractivity contribution in [3.8, 4) is 0 Å². The van der Waals surface area contributed by atoms with Gasteiger partial charge in [-0.15, -0.1) is 0 Å². The maximum Gasteiger partial charge on any atom is 0.0510 e. The molecule has 0 spiro atoms. The van der Waals surface area contributed by atoms with Gasteiger partial charge in [-0.25, -0.2) is 0 Å². The predicted octanol–water partition coefficient (Wildman–Crippen LogP) is 5.14. The smallest absolute Gasteiger partial charge is 0.0510 e. The third kappa shape index (κ3) is 4.01. The number of hydrogen-bond acceptors (Lipinski definition) is 2. The monoisotopic (exact) mass is 352 g/mol. The highest BCUT2D eigenvalue weighted by Crippen LogP contribution is 2.38. The lowest BCUT2D eigenvalue weighted by atomic mass is 9.78. The van der Waals surface area contributed by atoms with Crippen molar-refractivity contribution in [2.75, 3.05) is 24.5 Å². The molecule has 0 amide bonds. The van der Waals surface area contributed by atoms with E-state index in [0.29, 0.717) is 11.5 Å². The highest BCUT2D eigenvalue weighted by molar-refractivity contribution is 9.10. The first-order chi connectivity index (χ1) is 9.99. The Morgan fingerprint density at radius 1 is 1.29 bits per heavy atom. The van der Waals surface area contributed by atoms with Gasteiger partial charge in [-0.05, 0) is 65.4 Å². The van der Waals surface area contributed by atoms with Crippen molar-refractivity contribution >= 4 is 21.6 Å². The van der Waals surface area contributed by atoms with Crippen molar-refractivity contribution in [2.24, 2.45) is 5.41 Å². The van der Waals surface area contributed by atoms with Gasteiger partial charge >= 0.3 is 0 Å². The predicted molar refractivity (Wildman–Crippen MR) is 96.1 cm³/mol. The quantitative estimate of drug-likeness (QED) is 0.789. The van der Waals surface area contributed by atoms with Crippen LogP contribution < -0.4 is 10.2 Å². The summed E-state index contributed by atoms with van der Waals surface area (Å²) in [6, 6.07) is 7.23. The average molecular weight is 353 g/mol. The highest BCUT2D eigenvalue weighted by Gasteiger charge is 2.28. The van der Waals surface area contributed by atoms with E-state index >= 15 is 0 Å². The maximum absolute atomic E-state index is 3.78. The molecule has 21 heavy (non-hydrogen) atoms. The minimum Gasteiger partial charge on any atom is -0.371 e. The van der Waals surface area contributed by atoms with E-state index in [1.54, 1.807) is 0 Å². The molecule has 2 nitrogen and oxygen atoms in total. The largest absolute Gasteiger partial charge is 0.371 e. The lowest BCUT2D eigenvalue weighted by Crippen LogP contribution is -2.38. The zero-order valence-corrected chi connectivity index (χ0v) is 15.5. The summed E-state index contributed by atoms with van der Waals surface area (Å²) in [5.74, 6) is 0. The standard InChI is InChI=1S/C18H29BrN2/c1-5-18(4)9-11-21(12-10-18)17-8-7-15(13-16(17)19)14(3)20-6-2/h7-8,13-14,20H,5-6,9-12H2,1-4H3. The highest BCUT2D eigenvalue weighted by atomic mass is 79.9. The van der Waals surface area contributed by atoms with Gasteiger partial charge in [-0.3, -0.25) is 0 Å². The van der Waals surface area contributed by atoms with E-state index in [4.69, 9.17) is 0 Å². The van der Waals surface area contributed by atoms with Gasteiger partial charge in [0.05, 0.1) is 5.69 Å². The number of rotatable bonds is 5. The molecule has 1 heterocycles. The first-order valence-electron chi connectivity index (χ1n) is 8.27. The molecule has 1 unspecified atom stereocenters. The summed E-state index contributed by atoms with van der Waals surface area (Å²) >= 11 is 3.78. The van der Waals surface area contributed by atoms with Crippen LogP contribution >= 0.6 is 15.9 Å². The normalized spacial score (nSPS) is 19.6. The van der Waals surface area contributed by atoms with Crippen molar-refractivity contribution in [3.05, 3.63) is 28.2 Å². The Kier molecular flexibility index (Phi) is 5.73. The van der Waals surface area contributed by atoms with Crippen LogP contribution in [0.4, 0.5) is 5.69 Å². The van der Waals surface area contributed by atoms with Crippen LogP contribution in [0, 0.1) is 5.41 Å². The maximum atomic E-state index is 3.78. The summed E-state index contributed by atoms with van der Waals surface area (Å²) in [6.07, 6.45) is 3.89. The molecule has 1 aliphatic heterocycles. The van der Waals surface area contributed by atoms with Crippen LogP contribution in [-0.2, 0) is 0 Å². The SMILES string of the molecule is CCNC(C)c1ccc(N2CCC(C)(CC)CC2)c(Br)c1. The number of piperidine rings is 1. The third-order valence-electron chi connectivity index (χ3n) is 5.15. The van der Waals surface area contributed by atoms with Gasteiger partial charge in [0.2, 0.25) is 0 Å². The van der Waals surface area contributed by atoms with E-state index in [1.165, 1.54) is 48.1 Å². The summed E-state index contributed by atoms with van der Waals surface area (Å²) in [6.45, 7) is 12.5. The van der Waals surface area contributed by atoms with Crippen LogP contribution in [0.1, 0.15) is 58.6 Å². The molecule has 0 bridgehead atoms. The van der Waals surface area contributed by atoms with Crippen molar-refractivity contribution < 1.29 is 0 Å². The van der Waals surface area contributed by atoms with Crippen LogP contribution in [-0.4, -0.2) is 19.6 Å². The number of anilines is 1. The summed E-state index contributed by atoms with van der Waals surface area (Å²) in [5, 5.41) is 3.47. The number of nitrogens with zero attached hydrogens (tertiary/aromatic N) is 1. The van der Waals surface area contributed by atoms with Gasteiger partial charge in [0.1, 0.15) is 0 Å². The summed E-state index contributed by atoms with van der Waals surface area (Å²) in [4.78, 5) is 2.53. The second-order valence-electron chi connectivity index (χ2n) is 6.64. The average Bonchev–Trinajstić information content (AvgIpc) is 2.48. The van der Waals surface area contributed by atoms with Gasteiger partial charge in [0, 0.05) is 23.6 Å². The first kappa shape index (κ1) is 16.8. The van der Waals surface area contributed by atoms with Crippen LogP contribution in [0.25, 0.3) is 0 Å². The minimum absolute atomic E-state index is 0.407. The van der Waals surface area contributed by atoms with Crippen LogP contribution in [0.15, 0.2) is 22.7 Å². The van der Waals surface area contributed by atoms with Crippen molar-refractivity contribution in [1.29, 1.82) is 0 Å². The number of halogens is 1. The third-order valence-corrected chi connectivity index (χ3v) is 5.78. The van der Waals surface area contributed by atoms with E-state index in [0.717, 1.165) is 6.54 Å². The Morgan fingerprint density at radius 3 is 2.48 bits per heavy atom. The number of benzene rings is 1. The Hall–Kier alpha value is -0.540. The second-order valence-corrected chi connectivity index (χ2v) is 7.50. The molecule has 1 aliphatic rings. The number of nitrogens with one attached hydrogen (secondary N) is 1. The fraction of sp³-hybridized carbons (Fsp3) is 0.667. The molecule has 3 heteroatoms.